The van der Waals surface area contributed by atoms with Gasteiger partial charge in [-0.15, -0.1) is 37.2 Å². The Morgan fingerprint density at radius 3 is 2.24 bits per heavy atom. The van der Waals surface area contributed by atoms with Crippen LogP contribution in [0.2, 0.25) is 0 Å². The summed E-state index contributed by atoms with van der Waals surface area (Å²) in [6.07, 6.45) is 4.51. The maximum atomic E-state index is 12.4. The van der Waals surface area contributed by atoms with Gasteiger partial charge in [-0.3, -0.25) is 9.78 Å². The predicted molar refractivity (Wildman–Crippen MR) is 160 cm³/mol. The van der Waals surface area contributed by atoms with Crippen LogP contribution in [0.25, 0.3) is 11.1 Å². The second-order valence-electron chi connectivity index (χ2n) is 8.72. The van der Waals surface area contributed by atoms with E-state index in [0.717, 1.165) is 41.5 Å². The van der Waals surface area contributed by atoms with Crippen molar-refractivity contribution in [3.05, 3.63) is 83.7 Å². The van der Waals surface area contributed by atoms with E-state index >= 15 is 0 Å². The number of nitrogens with zero attached hydrogens (tertiary/aromatic N) is 1. The number of aliphatic hydroxyl groups excluding tert-OH is 1. The number of halogens is 3. The number of sulfonamides is 1. The predicted octanol–water partition coefficient (Wildman–Crippen LogP) is 4.39. The summed E-state index contributed by atoms with van der Waals surface area (Å²) < 4.78 is 25.0. The smallest absolute Gasteiger partial charge is 0.266 e. The molecule has 3 rings (SSSR count). The standard InChI is InChI=1S/C26H32N4O4S.3ClH/c1-18(2)29-24-15-21(10-11-23(24)26(32)30-35(3,33)34)20-8-6-19(7-9-20)12-14-28-17-25(31)22-5-4-13-27-16-22;;;/h4-11,13,15-16,18,25,28-29,31H,12,14,17H2,1-3H3,(H,30,32);3*1H/t25-;;;/m0.../s1. The summed E-state index contributed by atoms with van der Waals surface area (Å²) in [5, 5.41) is 16.7. The van der Waals surface area contributed by atoms with E-state index in [-0.39, 0.29) is 48.8 Å². The van der Waals surface area contributed by atoms with E-state index in [1.54, 1.807) is 30.6 Å². The van der Waals surface area contributed by atoms with Gasteiger partial charge in [0.25, 0.3) is 5.91 Å². The van der Waals surface area contributed by atoms with Crippen molar-refractivity contribution in [2.45, 2.75) is 32.4 Å². The van der Waals surface area contributed by atoms with Gasteiger partial charge >= 0.3 is 0 Å². The van der Waals surface area contributed by atoms with Crippen molar-refractivity contribution < 1.29 is 18.3 Å². The maximum absolute atomic E-state index is 12.4. The van der Waals surface area contributed by atoms with Crippen molar-refractivity contribution in [1.29, 1.82) is 0 Å². The molecule has 1 amide bonds. The Hall–Kier alpha value is -2.40. The molecule has 1 atom stereocenters. The summed E-state index contributed by atoms with van der Waals surface area (Å²) in [7, 11) is -3.66. The van der Waals surface area contributed by atoms with Gasteiger partial charge in [-0.25, -0.2) is 13.1 Å². The molecule has 0 aliphatic rings. The van der Waals surface area contributed by atoms with Gasteiger partial charge in [-0.05, 0) is 61.7 Å². The number of carbonyl (C=O) groups excluding carboxylic acids is 1. The Morgan fingerprint density at radius 2 is 1.66 bits per heavy atom. The molecule has 3 aromatic rings. The lowest BCUT2D eigenvalue weighted by molar-refractivity contribution is 0.0982. The number of pyridine rings is 1. The summed E-state index contributed by atoms with van der Waals surface area (Å²) in [5.41, 5.74) is 4.67. The fourth-order valence-corrected chi connectivity index (χ4v) is 4.05. The van der Waals surface area contributed by atoms with Gasteiger partial charge in [-0.1, -0.05) is 36.4 Å². The lowest BCUT2D eigenvalue weighted by atomic mass is 10.00. The van der Waals surface area contributed by atoms with E-state index in [2.05, 4.69) is 15.6 Å². The molecule has 0 aliphatic heterocycles. The average Bonchev–Trinajstić information content (AvgIpc) is 2.81. The number of benzene rings is 2. The first kappa shape index (κ1) is 35.6. The normalized spacial score (nSPS) is 11.4. The van der Waals surface area contributed by atoms with E-state index < -0.39 is 22.0 Å². The molecule has 8 nitrogen and oxygen atoms in total. The molecule has 0 bridgehead atoms. The van der Waals surface area contributed by atoms with Crippen LogP contribution in [0.1, 0.15) is 41.4 Å². The zero-order valence-corrected chi connectivity index (χ0v) is 24.6. The average molecular weight is 606 g/mol. The third-order valence-corrected chi connectivity index (χ3v) is 5.83. The van der Waals surface area contributed by atoms with E-state index in [4.69, 9.17) is 0 Å². The lowest BCUT2D eigenvalue weighted by Gasteiger charge is -2.16. The number of nitrogens with one attached hydrogen (secondary N) is 3. The number of aliphatic hydroxyl groups is 1. The summed E-state index contributed by atoms with van der Waals surface area (Å²) >= 11 is 0. The highest BCUT2D eigenvalue weighted by atomic mass is 35.5. The van der Waals surface area contributed by atoms with Crippen molar-refractivity contribution in [2.24, 2.45) is 0 Å². The Labute approximate surface area is 243 Å². The molecule has 1 heterocycles. The van der Waals surface area contributed by atoms with Crippen molar-refractivity contribution >= 4 is 58.8 Å². The fourth-order valence-electron chi connectivity index (χ4n) is 3.60. The molecule has 0 saturated heterocycles. The Balaban J connectivity index is 0.00000456. The number of amides is 1. The molecular formula is C26H35Cl3N4O4S. The van der Waals surface area contributed by atoms with Crippen molar-refractivity contribution in [3.63, 3.8) is 0 Å². The van der Waals surface area contributed by atoms with Gasteiger partial charge in [0.1, 0.15) is 0 Å². The SMILES string of the molecule is CC(C)Nc1cc(-c2ccc(CCNC[C@H](O)c3cccnc3)cc2)ccc1C(=O)NS(C)(=O)=O.Cl.Cl.Cl. The first-order valence-corrected chi connectivity index (χ1v) is 13.3. The Morgan fingerprint density at radius 1 is 1.00 bits per heavy atom. The minimum Gasteiger partial charge on any atom is -0.387 e. The monoisotopic (exact) mass is 604 g/mol. The quantitative estimate of drug-likeness (QED) is 0.239. The topological polar surface area (TPSA) is 120 Å². The van der Waals surface area contributed by atoms with Crippen LogP contribution in [0.5, 0.6) is 0 Å². The molecule has 0 aliphatic carbocycles. The van der Waals surface area contributed by atoms with Gasteiger partial charge in [0, 0.05) is 36.2 Å². The molecule has 38 heavy (non-hydrogen) atoms. The molecular weight excluding hydrogens is 571 g/mol. The number of carbonyl (C=O) groups is 1. The molecule has 2 aromatic carbocycles. The third-order valence-electron chi connectivity index (χ3n) is 5.27. The van der Waals surface area contributed by atoms with Crippen LogP contribution >= 0.6 is 37.2 Å². The van der Waals surface area contributed by atoms with Gasteiger partial charge in [-0.2, -0.15) is 0 Å². The molecule has 0 saturated carbocycles. The van der Waals surface area contributed by atoms with Crippen LogP contribution in [0.3, 0.4) is 0 Å². The number of anilines is 1. The van der Waals surface area contributed by atoms with Crippen LogP contribution in [0.15, 0.2) is 67.0 Å². The molecule has 0 fully saturated rings. The molecule has 1 aromatic heterocycles. The summed E-state index contributed by atoms with van der Waals surface area (Å²) in [6, 6.07) is 17.1. The minimum absolute atomic E-state index is 0. The first-order chi connectivity index (χ1) is 16.6. The highest BCUT2D eigenvalue weighted by Gasteiger charge is 2.17. The molecule has 0 unspecified atom stereocenters. The van der Waals surface area contributed by atoms with Crippen LogP contribution in [-0.2, 0) is 16.4 Å². The minimum atomic E-state index is -3.66. The van der Waals surface area contributed by atoms with E-state index in [0.29, 0.717) is 12.2 Å². The van der Waals surface area contributed by atoms with Crippen molar-refractivity contribution in [1.82, 2.24) is 15.0 Å². The third kappa shape index (κ3) is 11.1. The van der Waals surface area contributed by atoms with E-state index in [9.17, 15) is 18.3 Å². The first-order valence-electron chi connectivity index (χ1n) is 11.4. The number of aromatic nitrogens is 1. The highest BCUT2D eigenvalue weighted by molar-refractivity contribution is 7.89. The molecule has 4 N–H and O–H groups in total. The zero-order valence-electron chi connectivity index (χ0n) is 21.4. The highest BCUT2D eigenvalue weighted by Crippen LogP contribution is 2.27. The molecule has 0 spiro atoms. The molecule has 210 valence electrons. The van der Waals surface area contributed by atoms with Crippen molar-refractivity contribution in [2.75, 3.05) is 24.7 Å². The molecule has 12 heteroatoms. The van der Waals surface area contributed by atoms with Crippen LogP contribution in [0.4, 0.5) is 5.69 Å². The van der Waals surface area contributed by atoms with E-state index in [1.165, 1.54) is 0 Å². The molecule has 0 radical (unpaired) electrons. The largest absolute Gasteiger partial charge is 0.387 e. The summed E-state index contributed by atoms with van der Waals surface area (Å²) in [5.74, 6) is -0.668. The second-order valence-corrected chi connectivity index (χ2v) is 10.5. The number of rotatable bonds is 11. The van der Waals surface area contributed by atoms with Gasteiger partial charge in [0.15, 0.2) is 0 Å². The fraction of sp³-hybridized carbons (Fsp3) is 0.308. The number of hydrogen-bond donors (Lipinski definition) is 4. The van der Waals surface area contributed by atoms with E-state index in [1.807, 2.05) is 55.0 Å². The van der Waals surface area contributed by atoms with Gasteiger partial charge < -0.3 is 15.7 Å². The number of hydrogen-bond acceptors (Lipinski definition) is 7. The van der Waals surface area contributed by atoms with Crippen LogP contribution < -0.4 is 15.4 Å². The summed E-state index contributed by atoms with van der Waals surface area (Å²) in [6.45, 7) is 5.07. The summed E-state index contributed by atoms with van der Waals surface area (Å²) in [4.78, 5) is 16.5. The van der Waals surface area contributed by atoms with Crippen molar-refractivity contribution in [3.8, 4) is 11.1 Å². The zero-order chi connectivity index (χ0) is 25.4. The van der Waals surface area contributed by atoms with Crippen LogP contribution in [0, 0.1) is 0 Å². The Bertz CT molecular complexity index is 1250. The Kier molecular flexibility index (Phi) is 15.5. The van der Waals surface area contributed by atoms with Gasteiger partial charge in [0.05, 0.1) is 17.9 Å². The second kappa shape index (κ2) is 16.5. The lowest BCUT2D eigenvalue weighted by Crippen LogP contribution is -2.30. The maximum Gasteiger partial charge on any atom is 0.266 e. The van der Waals surface area contributed by atoms with Crippen LogP contribution in [-0.4, -0.2) is 49.8 Å². The van der Waals surface area contributed by atoms with Gasteiger partial charge in [0.2, 0.25) is 10.0 Å².